The zero-order chi connectivity index (χ0) is 51.4. The van der Waals surface area contributed by atoms with E-state index in [2.05, 4.69) is 57.2 Å². The van der Waals surface area contributed by atoms with E-state index < -0.39 is 6.10 Å². The van der Waals surface area contributed by atoms with Crippen molar-refractivity contribution in [2.45, 2.75) is 348 Å². The molecule has 0 amide bonds. The second kappa shape index (κ2) is 60.2. The van der Waals surface area contributed by atoms with Crippen LogP contribution in [0.5, 0.6) is 0 Å². The molecule has 0 bridgehead atoms. The maximum atomic E-state index is 12.8. The van der Waals surface area contributed by atoms with Gasteiger partial charge >= 0.3 is 17.9 Å². The molecule has 0 rings (SSSR count). The van der Waals surface area contributed by atoms with Gasteiger partial charge in [0.1, 0.15) is 13.2 Å². The van der Waals surface area contributed by atoms with Crippen molar-refractivity contribution in [3.05, 3.63) is 36.5 Å². The number of rotatable bonds is 58. The highest BCUT2D eigenvalue weighted by molar-refractivity contribution is 5.71. The van der Waals surface area contributed by atoms with Gasteiger partial charge in [0.05, 0.1) is 0 Å². The molecule has 0 fully saturated rings. The zero-order valence-corrected chi connectivity index (χ0v) is 47.8. The molecule has 0 saturated heterocycles. The first kappa shape index (κ1) is 68.6. The highest BCUT2D eigenvalue weighted by Crippen LogP contribution is 2.18. The zero-order valence-electron chi connectivity index (χ0n) is 47.8. The Hall–Kier alpha value is -2.37. The van der Waals surface area contributed by atoms with Crippen LogP contribution in [-0.2, 0) is 28.6 Å². The van der Waals surface area contributed by atoms with Crippen LogP contribution in [0.3, 0.4) is 0 Å². The predicted octanol–water partition coefficient (Wildman–Crippen LogP) is 21.2. The van der Waals surface area contributed by atoms with Gasteiger partial charge in [0.15, 0.2) is 6.10 Å². The molecule has 0 spiro atoms. The molecule has 0 radical (unpaired) electrons. The minimum absolute atomic E-state index is 0.0792. The van der Waals surface area contributed by atoms with Gasteiger partial charge in [0.2, 0.25) is 0 Å². The first-order valence-corrected chi connectivity index (χ1v) is 31.5. The summed E-state index contributed by atoms with van der Waals surface area (Å²) in [6.45, 7) is 6.55. The van der Waals surface area contributed by atoms with Gasteiger partial charge in [0.25, 0.3) is 0 Å². The Balaban J connectivity index is 4.12. The third-order valence-electron chi connectivity index (χ3n) is 14.2. The summed E-state index contributed by atoms with van der Waals surface area (Å²) in [7, 11) is 0. The van der Waals surface area contributed by atoms with E-state index in [-0.39, 0.29) is 31.1 Å². The highest BCUT2D eigenvalue weighted by Gasteiger charge is 2.19. The van der Waals surface area contributed by atoms with E-state index in [9.17, 15) is 14.4 Å². The monoisotopic (exact) mass is 997 g/mol. The van der Waals surface area contributed by atoms with Crippen molar-refractivity contribution < 1.29 is 28.6 Å². The standard InChI is InChI=1S/C65H120O6/c1-4-7-10-13-16-19-22-25-26-27-28-29-30-31-32-33-34-35-36-37-38-39-41-43-46-49-52-55-58-64(67)70-61-62(60-69-63(66)57-54-51-48-45-42-24-21-18-15-12-9-6-3)71-65(68)59-56-53-50-47-44-40-23-20-17-14-11-8-5-2/h8,11,17,20,40,44,62H,4-7,9-10,12-16,18-19,21-39,41-43,45-61H2,1-3H3/b11-8-,20-17-,44-40-. The van der Waals surface area contributed by atoms with Crippen LogP contribution in [0.2, 0.25) is 0 Å². The molecule has 1 atom stereocenters. The van der Waals surface area contributed by atoms with Crippen molar-refractivity contribution in [1.29, 1.82) is 0 Å². The molecule has 6 heteroatoms. The smallest absolute Gasteiger partial charge is 0.306 e. The molecule has 0 aromatic carbocycles. The van der Waals surface area contributed by atoms with Crippen LogP contribution in [-0.4, -0.2) is 37.2 Å². The fourth-order valence-corrected chi connectivity index (χ4v) is 9.46. The predicted molar refractivity (Wildman–Crippen MR) is 307 cm³/mol. The number of hydrogen-bond acceptors (Lipinski definition) is 6. The number of hydrogen-bond donors (Lipinski definition) is 0. The van der Waals surface area contributed by atoms with Crippen LogP contribution in [0.4, 0.5) is 0 Å². The average Bonchev–Trinajstić information content (AvgIpc) is 3.37. The van der Waals surface area contributed by atoms with Crippen molar-refractivity contribution in [1.82, 2.24) is 0 Å². The number of carbonyl (C=O) groups excluding carboxylic acids is 3. The maximum absolute atomic E-state index is 12.8. The van der Waals surface area contributed by atoms with Crippen molar-refractivity contribution in [2.75, 3.05) is 13.2 Å². The van der Waals surface area contributed by atoms with Crippen LogP contribution in [0.25, 0.3) is 0 Å². The number of unbranched alkanes of at least 4 members (excludes halogenated alkanes) is 41. The summed E-state index contributed by atoms with van der Waals surface area (Å²) in [5.41, 5.74) is 0. The van der Waals surface area contributed by atoms with Crippen molar-refractivity contribution in [2.24, 2.45) is 0 Å². The minimum Gasteiger partial charge on any atom is -0.462 e. The summed E-state index contributed by atoms with van der Waals surface area (Å²) in [6.07, 6.45) is 73.2. The largest absolute Gasteiger partial charge is 0.462 e. The first-order chi connectivity index (χ1) is 35.0. The van der Waals surface area contributed by atoms with Crippen LogP contribution in [0, 0.1) is 0 Å². The van der Waals surface area contributed by atoms with Gasteiger partial charge in [-0.1, -0.05) is 308 Å². The molecular formula is C65H120O6. The van der Waals surface area contributed by atoms with Crippen LogP contribution in [0.1, 0.15) is 342 Å². The average molecular weight is 998 g/mol. The maximum Gasteiger partial charge on any atom is 0.306 e. The molecule has 0 heterocycles. The summed E-state index contributed by atoms with van der Waals surface area (Å²) < 4.78 is 16.9. The summed E-state index contributed by atoms with van der Waals surface area (Å²) in [6, 6.07) is 0. The van der Waals surface area contributed by atoms with Crippen LogP contribution >= 0.6 is 0 Å². The lowest BCUT2D eigenvalue weighted by Gasteiger charge is -2.18. The molecule has 0 aliphatic rings. The van der Waals surface area contributed by atoms with Gasteiger partial charge in [-0.25, -0.2) is 0 Å². The Morgan fingerprint density at radius 1 is 0.296 bits per heavy atom. The highest BCUT2D eigenvalue weighted by atomic mass is 16.6. The second-order valence-electron chi connectivity index (χ2n) is 21.3. The van der Waals surface area contributed by atoms with Gasteiger partial charge < -0.3 is 14.2 Å². The molecule has 0 aromatic heterocycles. The van der Waals surface area contributed by atoms with Gasteiger partial charge in [0, 0.05) is 19.3 Å². The van der Waals surface area contributed by atoms with Gasteiger partial charge in [-0.3, -0.25) is 14.4 Å². The van der Waals surface area contributed by atoms with Crippen LogP contribution in [0.15, 0.2) is 36.5 Å². The molecule has 1 unspecified atom stereocenters. The third kappa shape index (κ3) is 58.4. The Morgan fingerprint density at radius 2 is 0.549 bits per heavy atom. The molecular weight excluding hydrogens is 877 g/mol. The third-order valence-corrected chi connectivity index (χ3v) is 14.2. The summed E-state index contributed by atoms with van der Waals surface area (Å²) in [4.78, 5) is 38.1. The van der Waals surface area contributed by atoms with Gasteiger partial charge in [-0.15, -0.1) is 0 Å². The number of esters is 3. The number of carbonyl (C=O) groups is 3. The Bertz CT molecular complexity index is 1190. The lowest BCUT2D eigenvalue weighted by Crippen LogP contribution is -2.30. The molecule has 71 heavy (non-hydrogen) atoms. The van der Waals surface area contributed by atoms with E-state index >= 15 is 0 Å². The summed E-state index contributed by atoms with van der Waals surface area (Å²) in [5.74, 6) is -0.889. The van der Waals surface area contributed by atoms with E-state index in [1.54, 1.807) is 0 Å². The van der Waals surface area contributed by atoms with E-state index in [0.717, 1.165) is 83.5 Å². The lowest BCUT2D eigenvalue weighted by atomic mass is 10.0. The normalized spacial score (nSPS) is 12.2. The first-order valence-electron chi connectivity index (χ1n) is 31.5. The summed E-state index contributed by atoms with van der Waals surface area (Å²) in [5, 5.41) is 0. The Labute approximate surface area is 442 Å². The van der Waals surface area contributed by atoms with Crippen molar-refractivity contribution >= 4 is 17.9 Å². The molecule has 0 N–H and O–H groups in total. The van der Waals surface area contributed by atoms with E-state index in [1.165, 1.54) is 218 Å². The van der Waals surface area contributed by atoms with E-state index in [0.29, 0.717) is 19.3 Å². The SMILES string of the molecule is CC/C=C\C/C=C\C/C=C\CCCCCC(=O)OC(COC(=O)CCCCCCCCCCCCCC)COC(=O)CCCCCCCCCCCCCCCCCCCCCCCCCCCCCC. The van der Waals surface area contributed by atoms with E-state index in [1.807, 2.05) is 0 Å². The molecule has 416 valence electrons. The Kier molecular flexibility index (Phi) is 58.2. The second-order valence-corrected chi connectivity index (χ2v) is 21.3. The fraction of sp³-hybridized carbons (Fsp3) is 0.862. The molecule has 0 saturated carbocycles. The van der Waals surface area contributed by atoms with Crippen LogP contribution < -0.4 is 0 Å². The summed E-state index contributed by atoms with van der Waals surface area (Å²) >= 11 is 0. The number of ether oxygens (including phenoxy) is 3. The quantitative estimate of drug-likeness (QED) is 0.0261. The van der Waals surface area contributed by atoms with Gasteiger partial charge in [-0.2, -0.15) is 0 Å². The Morgan fingerprint density at radius 3 is 0.859 bits per heavy atom. The molecule has 0 aliphatic carbocycles. The van der Waals surface area contributed by atoms with E-state index in [4.69, 9.17) is 14.2 Å². The number of allylic oxidation sites excluding steroid dienone is 6. The van der Waals surface area contributed by atoms with Crippen molar-refractivity contribution in [3.8, 4) is 0 Å². The fourth-order valence-electron chi connectivity index (χ4n) is 9.46. The molecule has 6 nitrogen and oxygen atoms in total. The lowest BCUT2D eigenvalue weighted by molar-refractivity contribution is -0.167. The molecule has 0 aliphatic heterocycles. The molecule has 0 aromatic rings. The topological polar surface area (TPSA) is 78.9 Å². The van der Waals surface area contributed by atoms with Gasteiger partial charge in [-0.05, 0) is 51.4 Å². The van der Waals surface area contributed by atoms with Crippen molar-refractivity contribution in [3.63, 3.8) is 0 Å². The minimum atomic E-state index is -0.783.